The topological polar surface area (TPSA) is 58.6 Å². The maximum Gasteiger partial charge on any atom is 0.337 e. The van der Waals surface area contributed by atoms with Gasteiger partial charge in [-0.3, -0.25) is 9.69 Å². The molecule has 1 N–H and O–H groups in total. The van der Waals surface area contributed by atoms with E-state index in [-0.39, 0.29) is 17.4 Å². The normalized spacial score (nSPS) is 18.5. The van der Waals surface area contributed by atoms with Crippen LogP contribution >= 0.6 is 0 Å². The largest absolute Gasteiger partial charge is 0.465 e. The molecule has 1 heterocycles. The van der Waals surface area contributed by atoms with Crippen molar-refractivity contribution >= 4 is 11.9 Å². The molecule has 1 amide bonds. The van der Waals surface area contributed by atoms with Crippen molar-refractivity contribution in [3.63, 3.8) is 0 Å². The van der Waals surface area contributed by atoms with Crippen LogP contribution < -0.4 is 5.32 Å². The SMILES string of the molecule is CCNC(=O)[C@H]1CCCN(Cc2ccc(C(=O)OC)cc2F)C1. The molecular weight excluding hydrogens is 299 g/mol. The van der Waals surface area contributed by atoms with Gasteiger partial charge in [0.1, 0.15) is 5.82 Å². The molecule has 1 fully saturated rings. The summed E-state index contributed by atoms with van der Waals surface area (Å²) in [5.74, 6) is -0.947. The fraction of sp³-hybridized carbons (Fsp3) is 0.529. The number of rotatable bonds is 5. The number of benzene rings is 1. The van der Waals surface area contributed by atoms with Crippen molar-refractivity contribution < 1.29 is 18.7 Å². The molecule has 5 nitrogen and oxygen atoms in total. The average Bonchev–Trinajstić information content (AvgIpc) is 2.56. The van der Waals surface area contributed by atoms with E-state index in [0.717, 1.165) is 19.4 Å². The van der Waals surface area contributed by atoms with Crippen molar-refractivity contribution in [2.75, 3.05) is 26.7 Å². The number of nitrogens with one attached hydrogen (secondary N) is 1. The summed E-state index contributed by atoms with van der Waals surface area (Å²) in [6.45, 7) is 4.43. The van der Waals surface area contributed by atoms with Crippen LogP contribution in [0.5, 0.6) is 0 Å². The highest BCUT2D eigenvalue weighted by Crippen LogP contribution is 2.20. The van der Waals surface area contributed by atoms with Crippen molar-refractivity contribution in [1.29, 1.82) is 0 Å². The van der Waals surface area contributed by atoms with Crippen LogP contribution in [0, 0.1) is 11.7 Å². The third-order valence-electron chi connectivity index (χ3n) is 4.10. The van der Waals surface area contributed by atoms with E-state index in [4.69, 9.17) is 0 Å². The zero-order valence-electron chi connectivity index (χ0n) is 13.6. The standard InChI is InChI=1S/C17H23FN2O3/c1-3-19-16(21)14-5-4-8-20(11-14)10-13-7-6-12(9-15(13)18)17(22)23-2/h6-7,9,14H,3-5,8,10-11H2,1-2H3,(H,19,21)/t14-/m0/s1. The predicted molar refractivity (Wildman–Crippen MR) is 84.4 cm³/mol. The van der Waals surface area contributed by atoms with Crippen LogP contribution in [-0.4, -0.2) is 43.5 Å². The summed E-state index contributed by atoms with van der Waals surface area (Å²) in [7, 11) is 1.27. The molecule has 0 bridgehead atoms. The summed E-state index contributed by atoms with van der Waals surface area (Å²) in [5.41, 5.74) is 0.724. The molecule has 0 unspecified atom stereocenters. The molecule has 1 aliphatic heterocycles. The number of hydrogen-bond donors (Lipinski definition) is 1. The van der Waals surface area contributed by atoms with Crippen molar-refractivity contribution in [3.8, 4) is 0 Å². The summed E-state index contributed by atoms with van der Waals surface area (Å²) in [4.78, 5) is 25.4. The third kappa shape index (κ3) is 4.51. The Morgan fingerprint density at radius 3 is 2.87 bits per heavy atom. The minimum atomic E-state index is -0.551. The van der Waals surface area contributed by atoms with Gasteiger partial charge in [-0.25, -0.2) is 9.18 Å². The number of ether oxygens (including phenoxy) is 1. The number of carbonyl (C=O) groups excluding carboxylic acids is 2. The lowest BCUT2D eigenvalue weighted by Crippen LogP contribution is -2.42. The molecule has 23 heavy (non-hydrogen) atoms. The molecule has 1 atom stereocenters. The number of methoxy groups -OCH3 is 1. The zero-order valence-corrected chi connectivity index (χ0v) is 13.6. The first-order chi connectivity index (χ1) is 11.0. The molecule has 6 heteroatoms. The van der Waals surface area contributed by atoms with Crippen LogP contribution in [0.4, 0.5) is 4.39 Å². The predicted octanol–water partition coefficient (Wildman–Crippen LogP) is 1.96. The first-order valence-corrected chi connectivity index (χ1v) is 7.92. The van der Waals surface area contributed by atoms with Crippen LogP contribution in [-0.2, 0) is 16.1 Å². The smallest absolute Gasteiger partial charge is 0.337 e. The molecule has 0 spiro atoms. The molecule has 0 aromatic heterocycles. The van der Waals surface area contributed by atoms with Crippen molar-refractivity contribution in [2.45, 2.75) is 26.3 Å². The maximum absolute atomic E-state index is 14.2. The van der Waals surface area contributed by atoms with E-state index < -0.39 is 11.8 Å². The summed E-state index contributed by atoms with van der Waals surface area (Å²) < 4.78 is 18.7. The number of halogens is 1. The number of nitrogens with zero attached hydrogens (tertiary/aromatic N) is 1. The molecule has 0 radical (unpaired) electrons. The van der Waals surface area contributed by atoms with Gasteiger partial charge in [0.2, 0.25) is 5.91 Å². The van der Waals surface area contributed by atoms with E-state index in [1.165, 1.54) is 13.2 Å². The number of hydrogen-bond acceptors (Lipinski definition) is 4. The second-order valence-corrected chi connectivity index (χ2v) is 5.77. The number of esters is 1. The molecule has 1 aromatic carbocycles. The minimum absolute atomic E-state index is 0.0406. The molecule has 126 valence electrons. The van der Waals surface area contributed by atoms with Gasteiger partial charge in [0.05, 0.1) is 18.6 Å². The molecule has 2 rings (SSSR count). The Morgan fingerprint density at radius 2 is 2.22 bits per heavy atom. The fourth-order valence-electron chi connectivity index (χ4n) is 2.89. The first kappa shape index (κ1) is 17.4. The molecule has 1 saturated heterocycles. The average molecular weight is 322 g/mol. The Morgan fingerprint density at radius 1 is 1.43 bits per heavy atom. The second-order valence-electron chi connectivity index (χ2n) is 5.77. The quantitative estimate of drug-likeness (QED) is 0.842. The Hall–Kier alpha value is -1.95. The highest BCUT2D eigenvalue weighted by atomic mass is 19.1. The summed E-state index contributed by atoms with van der Waals surface area (Å²) >= 11 is 0. The highest BCUT2D eigenvalue weighted by Gasteiger charge is 2.25. The summed E-state index contributed by atoms with van der Waals surface area (Å²) in [6, 6.07) is 4.37. The maximum atomic E-state index is 14.2. The van der Waals surface area contributed by atoms with Crippen LogP contribution in [0.15, 0.2) is 18.2 Å². The van der Waals surface area contributed by atoms with E-state index in [2.05, 4.69) is 15.0 Å². The van der Waals surface area contributed by atoms with E-state index in [9.17, 15) is 14.0 Å². The van der Waals surface area contributed by atoms with Crippen LogP contribution in [0.2, 0.25) is 0 Å². The Kier molecular flexibility index (Phi) is 6.10. The van der Waals surface area contributed by atoms with E-state index in [0.29, 0.717) is 25.2 Å². The monoisotopic (exact) mass is 322 g/mol. The van der Waals surface area contributed by atoms with Crippen molar-refractivity contribution in [1.82, 2.24) is 10.2 Å². The van der Waals surface area contributed by atoms with Crippen LogP contribution in [0.25, 0.3) is 0 Å². The Balaban J connectivity index is 2.01. The van der Waals surface area contributed by atoms with Gasteiger partial charge < -0.3 is 10.1 Å². The van der Waals surface area contributed by atoms with Gasteiger partial charge in [0.25, 0.3) is 0 Å². The van der Waals surface area contributed by atoms with E-state index >= 15 is 0 Å². The van der Waals surface area contributed by atoms with Gasteiger partial charge in [-0.1, -0.05) is 6.07 Å². The molecule has 0 aliphatic carbocycles. The number of carbonyl (C=O) groups is 2. The molecule has 1 aliphatic rings. The Labute approximate surface area is 135 Å². The van der Waals surface area contributed by atoms with Gasteiger partial charge in [-0.05, 0) is 38.4 Å². The second kappa shape index (κ2) is 8.06. The lowest BCUT2D eigenvalue weighted by Gasteiger charge is -2.32. The minimum Gasteiger partial charge on any atom is -0.465 e. The number of piperidine rings is 1. The number of amides is 1. The lowest BCUT2D eigenvalue weighted by molar-refractivity contribution is -0.126. The first-order valence-electron chi connectivity index (χ1n) is 7.92. The lowest BCUT2D eigenvalue weighted by atomic mass is 9.96. The van der Waals surface area contributed by atoms with Crippen molar-refractivity contribution in [2.24, 2.45) is 5.92 Å². The zero-order chi connectivity index (χ0) is 16.8. The van der Waals surface area contributed by atoms with Gasteiger partial charge >= 0.3 is 5.97 Å². The molecule has 1 aromatic rings. The van der Waals surface area contributed by atoms with Gasteiger partial charge in [0.15, 0.2) is 0 Å². The highest BCUT2D eigenvalue weighted by molar-refractivity contribution is 5.89. The van der Waals surface area contributed by atoms with Gasteiger partial charge in [-0.15, -0.1) is 0 Å². The van der Waals surface area contributed by atoms with Crippen molar-refractivity contribution in [3.05, 3.63) is 35.1 Å². The van der Waals surface area contributed by atoms with E-state index in [1.807, 2.05) is 6.92 Å². The molecular formula is C17H23FN2O3. The van der Waals surface area contributed by atoms with E-state index in [1.54, 1.807) is 12.1 Å². The van der Waals surface area contributed by atoms with Gasteiger partial charge in [-0.2, -0.15) is 0 Å². The number of likely N-dealkylation sites (tertiary alicyclic amines) is 1. The molecule has 0 saturated carbocycles. The summed E-state index contributed by atoms with van der Waals surface area (Å²) in [5, 5.41) is 2.85. The summed E-state index contributed by atoms with van der Waals surface area (Å²) in [6.07, 6.45) is 1.79. The fourth-order valence-corrected chi connectivity index (χ4v) is 2.89. The van der Waals surface area contributed by atoms with Gasteiger partial charge in [0, 0.05) is 25.2 Å². The Bertz CT molecular complexity index is 577. The van der Waals surface area contributed by atoms with Crippen LogP contribution in [0.1, 0.15) is 35.7 Å². The van der Waals surface area contributed by atoms with Crippen LogP contribution in [0.3, 0.4) is 0 Å². The third-order valence-corrected chi connectivity index (χ3v) is 4.10.